The molecule has 1 saturated heterocycles. The van der Waals surface area contributed by atoms with Gasteiger partial charge in [0, 0.05) is 12.3 Å². The Labute approximate surface area is 142 Å². The lowest BCUT2D eigenvalue weighted by Gasteiger charge is -2.15. The Kier molecular flexibility index (Phi) is 5.49. The average Bonchev–Trinajstić information content (AvgIpc) is 3.14. The lowest BCUT2D eigenvalue weighted by atomic mass is 10.1. The first kappa shape index (κ1) is 16.5. The zero-order valence-corrected chi connectivity index (χ0v) is 14.0. The van der Waals surface area contributed by atoms with Gasteiger partial charge in [0.05, 0.1) is 11.7 Å². The van der Waals surface area contributed by atoms with Gasteiger partial charge in [-0.25, -0.2) is 0 Å². The number of rotatable bonds is 6. The normalized spacial score (nSPS) is 16.8. The third-order valence-electron chi connectivity index (χ3n) is 4.23. The van der Waals surface area contributed by atoms with Crippen molar-refractivity contribution in [1.29, 1.82) is 0 Å². The smallest absolute Gasteiger partial charge is 0.259 e. The molecule has 1 amide bonds. The standard InChI is InChI=1S/C20H23NO3/c1-2-15-8-3-5-11-18(15)21-20(22)17-10-4-6-12-19(17)24-14-16-9-7-13-23-16/h3-6,8,10-12,16H,2,7,9,13-14H2,1H3,(H,21,22)/t16-/m1/s1. The van der Waals surface area contributed by atoms with E-state index in [4.69, 9.17) is 9.47 Å². The third kappa shape index (κ3) is 3.95. The first-order chi connectivity index (χ1) is 11.8. The lowest BCUT2D eigenvalue weighted by Crippen LogP contribution is -2.19. The first-order valence-corrected chi connectivity index (χ1v) is 8.50. The zero-order chi connectivity index (χ0) is 16.8. The summed E-state index contributed by atoms with van der Waals surface area (Å²) in [6.07, 6.45) is 3.08. The third-order valence-corrected chi connectivity index (χ3v) is 4.23. The van der Waals surface area contributed by atoms with Crippen LogP contribution in [0.25, 0.3) is 0 Å². The highest BCUT2D eigenvalue weighted by atomic mass is 16.5. The summed E-state index contributed by atoms with van der Waals surface area (Å²) in [5, 5.41) is 3.00. The molecule has 2 aromatic carbocycles. The van der Waals surface area contributed by atoms with Crippen molar-refractivity contribution in [1.82, 2.24) is 0 Å². The summed E-state index contributed by atoms with van der Waals surface area (Å²) in [6, 6.07) is 15.2. The first-order valence-electron chi connectivity index (χ1n) is 8.50. The van der Waals surface area contributed by atoms with Crippen LogP contribution in [0.15, 0.2) is 48.5 Å². The van der Waals surface area contributed by atoms with Crippen molar-refractivity contribution in [2.45, 2.75) is 32.3 Å². The zero-order valence-electron chi connectivity index (χ0n) is 14.0. The Hall–Kier alpha value is -2.33. The monoisotopic (exact) mass is 325 g/mol. The molecule has 1 atom stereocenters. The van der Waals surface area contributed by atoms with Gasteiger partial charge in [0.2, 0.25) is 0 Å². The average molecular weight is 325 g/mol. The number of para-hydroxylation sites is 2. The summed E-state index contributed by atoms with van der Waals surface area (Å²) in [4.78, 5) is 12.7. The van der Waals surface area contributed by atoms with Gasteiger partial charge in [0.25, 0.3) is 5.91 Å². The molecule has 0 saturated carbocycles. The van der Waals surface area contributed by atoms with E-state index in [0.717, 1.165) is 37.1 Å². The van der Waals surface area contributed by atoms with Crippen molar-refractivity contribution in [3.05, 3.63) is 59.7 Å². The molecule has 0 aromatic heterocycles. The molecule has 126 valence electrons. The maximum atomic E-state index is 12.7. The number of ether oxygens (including phenoxy) is 2. The minimum Gasteiger partial charge on any atom is -0.490 e. The van der Waals surface area contributed by atoms with Gasteiger partial charge in [0.15, 0.2) is 0 Å². The van der Waals surface area contributed by atoms with Crippen LogP contribution in [-0.2, 0) is 11.2 Å². The number of benzene rings is 2. The molecule has 1 fully saturated rings. The van der Waals surface area contributed by atoms with Crippen molar-refractivity contribution < 1.29 is 14.3 Å². The minimum atomic E-state index is -0.154. The largest absolute Gasteiger partial charge is 0.490 e. The second-order valence-corrected chi connectivity index (χ2v) is 5.91. The van der Waals surface area contributed by atoms with Crippen LogP contribution in [0.2, 0.25) is 0 Å². The second-order valence-electron chi connectivity index (χ2n) is 5.91. The number of nitrogens with one attached hydrogen (secondary N) is 1. The number of amides is 1. The summed E-state index contributed by atoms with van der Waals surface area (Å²) in [6.45, 7) is 3.35. The number of hydrogen-bond donors (Lipinski definition) is 1. The summed E-state index contributed by atoms with van der Waals surface area (Å²) in [5.41, 5.74) is 2.50. The molecule has 0 radical (unpaired) electrons. The predicted molar refractivity (Wildman–Crippen MR) is 94.7 cm³/mol. The molecule has 4 heteroatoms. The van der Waals surface area contributed by atoms with Gasteiger partial charge in [-0.05, 0) is 43.0 Å². The Morgan fingerprint density at radius 3 is 2.79 bits per heavy atom. The van der Waals surface area contributed by atoms with E-state index in [1.54, 1.807) is 6.07 Å². The quantitative estimate of drug-likeness (QED) is 0.871. The molecule has 2 aromatic rings. The molecule has 1 heterocycles. The Morgan fingerprint density at radius 1 is 1.21 bits per heavy atom. The Balaban J connectivity index is 1.72. The Bertz CT molecular complexity index is 693. The van der Waals surface area contributed by atoms with Crippen LogP contribution in [0.3, 0.4) is 0 Å². The van der Waals surface area contributed by atoms with Gasteiger partial charge >= 0.3 is 0 Å². The van der Waals surface area contributed by atoms with E-state index in [0.29, 0.717) is 17.9 Å². The fourth-order valence-electron chi connectivity index (χ4n) is 2.88. The van der Waals surface area contributed by atoms with Crippen LogP contribution in [-0.4, -0.2) is 25.2 Å². The molecular formula is C20H23NO3. The van der Waals surface area contributed by atoms with Crippen molar-refractivity contribution in [3.8, 4) is 5.75 Å². The van der Waals surface area contributed by atoms with Crippen LogP contribution < -0.4 is 10.1 Å². The molecule has 0 bridgehead atoms. The van der Waals surface area contributed by atoms with E-state index in [-0.39, 0.29) is 12.0 Å². The molecular weight excluding hydrogens is 302 g/mol. The van der Waals surface area contributed by atoms with Crippen molar-refractivity contribution in [2.75, 3.05) is 18.5 Å². The maximum absolute atomic E-state index is 12.7. The number of carbonyl (C=O) groups is 1. The SMILES string of the molecule is CCc1ccccc1NC(=O)c1ccccc1OC[C@H]1CCCO1. The predicted octanol–water partition coefficient (Wildman–Crippen LogP) is 4.06. The molecule has 4 nitrogen and oxygen atoms in total. The van der Waals surface area contributed by atoms with E-state index >= 15 is 0 Å². The van der Waals surface area contributed by atoms with E-state index < -0.39 is 0 Å². The summed E-state index contributed by atoms with van der Waals surface area (Å²) >= 11 is 0. The summed E-state index contributed by atoms with van der Waals surface area (Å²) in [5.74, 6) is 0.443. The van der Waals surface area contributed by atoms with E-state index in [1.165, 1.54) is 0 Å². The van der Waals surface area contributed by atoms with Crippen molar-refractivity contribution in [3.63, 3.8) is 0 Å². The highest BCUT2D eigenvalue weighted by Crippen LogP contribution is 2.23. The van der Waals surface area contributed by atoms with Gasteiger partial charge in [-0.1, -0.05) is 37.3 Å². The van der Waals surface area contributed by atoms with Gasteiger partial charge in [-0.15, -0.1) is 0 Å². The number of aryl methyl sites for hydroxylation is 1. The van der Waals surface area contributed by atoms with Gasteiger partial charge in [-0.2, -0.15) is 0 Å². The van der Waals surface area contributed by atoms with Gasteiger partial charge in [-0.3, -0.25) is 4.79 Å². The topological polar surface area (TPSA) is 47.6 Å². The van der Waals surface area contributed by atoms with Gasteiger partial charge in [0.1, 0.15) is 12.4 Å². The number of hydrogen-bond acceptors (Lipinski definition) is 3. The van der Waals surface area contributed by atoms with Crippen molar-refractivity contribution >= 4 is 11.6 Å². The molecule has 0 unspecified atom stereocenters. The minimum absolute atomic E-state index is 0.127. The molecule has 1 aliphatic rings. The maximum Gasteiger partial charge on any atom is 0.259 e. The number of anilines is 1. The fraction of sp³-hybridized carbons (Fsp3) is 0.350. The fourth-order valence-corrected chi connectivity index (χ4v) is 2.88. The van der Waals surface area contributed by atoms with Gasteiger partial charge < -0.3 is 14.8 Å². The Morgan fingerprint density at radius 2 is 2.00 bits per heavy atom. The van der Waals surface area contributed by atoms with Crippen LogP contribution in [0.4, 0.5) is 5.69 Å². The molecule has 1 aliphatic heterocycles. The molecule has 24 heavy (non-hydrogen) atoms. The molecule has 0 spiro atoms. The van der Waals surface area contributed by atoms with Crippen LogP contribution >= 0.6 is 0 Å². The molecule has 0 aliphatic carbocycles. The van der Waals surface area contributed by atoms with Crippen molar-refractivity contribution in [2.24, 2.45) is 0 Å². The van der Waals surface area contributed by atoms with Crippen LogP contribution in [0.5, 0.6) is 5.75 Å². The van der Waals surface area contributed by atoms with E-state index in [2.05, 4.69) is 12.2 Å². The second kappa shape index (κ2) is 7.97. The molecule has 3 rings (SSSR count). The highest BCUT2D eigenvalue weighted by molar-refractivity contribution is 6.06. The summed E-state index contributed by atoms with van der Waals surface area (Å²) < 4.78 is 11.4. The number of carbonyl (C=O) groups excluding carboxylic acids is 1. The lowest BCUT2D eigenvalue weighted by molar-refractivity contribution is 0.0673. The van der Waals surface area contributed by atoms with Crippen LogP contribution in [0.1, 0.15) is 35.7 Å². The van der Waals surface area contributed by atoms with E-state index in [9.17, 15) is 4.79 Å². The molecule has 1 N–H and O–H groups in total. The van der Waals surface area contributed by atoms with Crippen LogP contribution in [0, 0.1) is 0 Å². The van der Waals surface area contributed by atoms with E-state index in [1.807, 2.05) is 42.5 Å². The highest BCUT2D eigenvalue weighted by Gasteiger charge is 2.18. The summed E-state index contributed by atoms with van der Waals surface area (Å²) in [7, 11) is 0.